The van der Waals surface area contributed by atoms with E-state index >= 15 is 0 Å². The molecule has 6 nitrogen and oxygen atoms in total. The molecule has 1 aromatic carbocycles. The highest BCUT2D eigenvalue weighted by atomic mass is 16.5. The number of benzene rings is 1. The SMILES string of the molecule is CCCCOC(=O)CN1CC(=O)NC(Cc2ccccc2)C1=O. The standard InChI is InChI=1S/C17H22N2O4/c1-2-3-9-23-16(21)12-19-11-15(20)18-14(17(19)22)10-13-7-5-4-6-8-13/h4-8,14H,2-3,9-12H2,1H3,(H,18,20). The molecular formula is C17H22N2O4. The number of esters is 1. The lowest BCUT2D eigenvalue weighted by Crippen LogP contribution is -2.59. The molecule has 1 saturated heterocycles. The van der Waals surface area contributed by atoms with Crippen LogP contribution in [0.5, 0.6) is 0 Å². The zero-order valence-electron chi connectivity index (χ0n) is 13.3. The number of carbonyl (C=O) groups excluding carboxylic acids is 3. The molecule has 124 valence electrons. The Morgan fingerprint density at radius 2 is 2.04 bits per heavy atom. The molecular weight excluding hydrogens is 296 g/mol. The monoisotopic (exact) mass is 318 g/mol. The van der Waals surface area contributed by atoms with E-state index < -0.39 is 12.0 Å². The van der Waals surface area contributed by atoms with Crippen molar-refractivity contribution in [1.82, 2.24) is 10.2 Å². The summed E-state index contributed by atoms with van der Waals surface area (Å²) in [6, 6.07) is 8.82. The maximum absolute atomic E-state index is 12.4. The quantitative estimate of drug-likeness (QED) is 0.599. The average molecular weight is 318 g/mol. The van der Waals surface area contributed by atoms with Gasteiger partial charge in [0, 0.05) is 6.42 Å². The van der Waals surface area contributed by atoms with Gasteiger partial charge in [-0.15, -0.1) is 0 Å². The minimum atomic E-state index is -0.637. The number of carbonyl (C=O) groups is 3. The Morgan fingerprint density at radius 3 is 2.74 bits per heavy atom. The van der Waals surface area contributed by atoms with E-state index in [4.69, 9.17) is 4.74 Å². The largest absolute Gasteiger partial charge is 0.464 e. The Balaban J connectivity index is 1.94. The van der Waals surface area contributed by atoms with E-state index in [0.29, 0.717) is 13.0 Å². The van der Waals surface area contributed by atoms with Gasteiger partial charge in [0.2, 0.25) is 11.8 Å². The van der Waals surface area contributed by atoms with E-state index in [0.717, 1.165) is 18.4 Å². The maximum Gasteiger partial charge on any atom is 0.325 e. The fraction of sp³-hybridized carbons (Fsp3) is 0.471. The number of nitrogens with zero attached hydrogens (tertiary/aromatic N) is 1. The van der Waals surface area contributed by atoms with Crippen molar-refractivity contribution in [2.75, 3.05) is 19.7 Å². The maximum atomic E-state index is 12.4. The van der Waals surface area contributed by atoms with Crippen molar-refractivity contribution >= 4 is 17.8 Å². The Labute approximate surface area is 135 Å². The fourth-order valence-electron chi connectivity index (χ4n) is 2.43. The zero-order valence-corrected chi connectivity index (χ0v) is 13.3. The number of hydrogen-bond acceptors (Lipinski definition) is 4. The number of nitrogens with one attached hydrogen (secondary N) is 1. The van der Waals surface area contributed by atoms with Gasteiger partial charge in [0.05, 0.1) is 6.61 Å². The predicted octanol–water partition coefficient (Wildman–Crippen LogP) is 0.899. The van der Waals surface area contributed by atoms with Crippen LogP contribution in [0.3, 0.4) is 0 Å². The van der Waals surface area contributed by atoms with Gasteiger partial charge in [-0.3, -0.25) is 14.4 Å². The summed E-state index contributed by atoms with van der Waals surface area (Å²) in [5, 5.41) is 2.69. The highest BCUT2D eigenvalue weighted by molar-refractivity contribution is 5.96. The van der Waals surface area contributed by atoms with Gasteiger partial charge < -0.3 is 15.0 Å². The van der Waals surface area contributed by atoms with Crippen molar-refractivity contribution in [3.05, 3.63) is 35.9 Å². The molecule has 2 amide bonds. The minimum Gasteiger partial charge on any atom is -0.464 e. The summed E-state index contributed by atoms with van der Waals surface area (Å²) >= 11 is 0. The second kappa shape index (κ2) is 8.31. The lowest BCUT2D eigenvalue weighted by molar-refractivity contribution is -0.153. The number of rotatable bonds is 7. The van der Waals surface area contributed by atoms with Gasteiger partial charge in [-0.2, -0.15) is 0 Å². The molecule has 1 atom stereocenters. The molecule has 0 radical (unpaired) electrons. The zero-order chi connectivity index (χ0) is 16.7. The third-order valence-corrected chi connectivity index (χ3v) is 3.64. The van der Waals surface area contributed by atoms with Crippen LogP contribution in [0.25, 0.3) is 0 Å². The van der Waals surface area contributed by atoms with E-state index in [1.807, 2.05) is 37.3 Å². The number of piperazine rings is 1. The second-order valence-corrected chi connectivity index (χ2v) is 5.58. The van der Waals surface area contributed by atoms with Crippen molar-refractivity contribution in [1.29, 1.82) is 0 Å². The highest BCUT2D eigenvalue weighted by Crippen LogP contribution is 2.10. The summed E-state index contributed by atoms with van der Waals surface area (Å²) < 4.78 is 5.06. The molecule has 1 heterocycles. The molecule has 1 unspecified atom stereocenters. The van der Waals surface area contributed by atoms with Crippen LogP contribution in [-0.4, -0.2) is 48.4 Å². The summed E-state index contributed by atoms with van der Waals surface area (Å²) in [4.78, 5) is 37.3. The summed E-state index contributed by atoms with van der Waals surface area (Å²) in [5.41, 5.74) is 0.957. The molecule has 1 N–H and O–H groups in total. The van der Waals surface area contributed by atoms with Gasteiger partial charge in [0.25, 0.3) is 0 Å². The van der Waals surface area contributed by atoms with Gasteiger partial charge in [-0.05, 0) is 12.0 Å². The second-order valence-electron chi connectivity index (χ2n) is 5.58. The van der Waals surface area contributed by atoms with E-state index in [-0.39, 0.29) is 24.9 Å². The molecule has 6 heteroatoms. The van der Waals surface area contributed by atoms with Crippen molar-refractivity contribution in [2.45, 2.75) is 32.2 Å². The Hall–Kier alpha value is -2.37. The molecule has 2 rings (SSSR count). The van der Waals surface area contributed by atoms with Crippen LogP contribution in [0, 0.1) is 0 Å². The first-order valence-electron chi connectivity index (χ1n) is 7.88. The van der Waals surface area contributed by atoms with Gasteiger partial charge in [0.1, 0.15) is 19.1 Å². The van der Waals surface area contributed by atoms with Gasteiger partial charge >= 0.3 is 5.97 Å². The Bertz CT molecular complexity index is 559. The van der Waals surface area contributed by atoms with Crippen molar-refractivity contribution < 1.29 is 19.1 Å². The molecule has 0 aliphatic carbocycles. The minimum absolute atomic E-state index is 0.104. The normalized spacial score (nSPS) is 17.8. The predicted molar refractivity (Wildman–Crippen MR) is 84.5 cm³/mol. The van der Waals surface area contributed by atoms with Crippen LogP contribution in [0.15, 0.2) is 30.3 Å². The third-order valence-electron chi connectivity index (χ3n) is 3.64. The Kier molecular flexibility index (Phi) is 6.14. The van der Waals surface area contributed by atoms with E-state index in [1.54, 1.807) is 0 Å². The van der Waals surface area contributed by atoms with E-state index in [2.05, 4.69) is 5.32 Å². The first-order valence-corrected chi connectivity index (χ1v) is 7.88. The van der Waals surface area contributed by atoms with E-state index in [9.17, 15) is 14.4 Å². The van der Waals surface area contributed by atoms with Gasteiger partial charge in [-0.1, -0.05) is 43.7 Å². The van der Waals surface area contributed by atoms with Gasteiger partial charge in [0.15, 0.2) is 0 Å². The number of ether oxygens (including phenoxy) is 1. The lowest BCUT2D eigenvalue weighted by atomic mass is 10.0. The molecule has 1 aliphatic heterocycles. The van der Waals surface area contributed by atoms with Crippen molar-refractivity contribution in [3.8, 4) is 0 Å². The van der Waals surface area contributed by atoms with Crippen LogP contribution >= 0.6 is 0 Å². The molecule has 23 heavy (non-hydrogen) atoms. The lowest BCUT2D eigenvalue weighted by Gasteiger charge is -2.31. The summed E-state index contributed by atoms with van der Waals surface area (Å²) in [6.07, 6.45) is 2.13. The number of hydrogen-bond donors (Lipinski definition) is 1. The van der Waals surface area contributed by atoms with Crippen LogP contribution in [0.4, 0.5) is 0 Å². The average Bonchev–Trinajstić information content (AvgIpc) is 2.53. The fourth-order valence-corrected chi connectivity index (χ4v) is 2.43. The molecule has 0 spiro atoms. The highest BCUT2D eigenvalue weighted by Gasteiger charge is 2.33. The molecule has 1 aliphatic rings. The summed E-state index contributed by atoms with van der Waals surface area (Å²) in [7, 11) is 0. The van der Waals surface area contributed by atoms with Gasteiger partial charge in [-0.25, -0.2) is 0 Å². The topological polar surface area (TPSA) is 75.7 Å². The van der Waals surface area contributed by atoms with E-state index in [1.165, 1.54) is 4.90 Å². The first-order chi connectivity index (χ1) is 11.1. The van der Waals surface area contributed by atoms with Crippen molar-refractivity contribution in [3.63, 3.8) is 0 Å². The molecule has 0 aromatic heterocycles. The van der Waals surface area contributed by atoms with Crippen LogP contribution in [0.2, 0.25) is 0 Å². The summed E-state index contributed by atoms with van der Waals surface area (Å²) in [6.45, 7) is 2.06. The Morgan fingerprint density at radius 1 is 1.30 bits per heavy atom. The molecule has 0 saturated carbocycles. The smallest absolute Gasteiger partial charge is 0.325 e. The third kappa shape index (κ3) is 5.09. The molecule has 1 aromatic rings. The molecule has 0 bridgehead atoms. The van der Waals surface area contributed by atoms with Crippen molar-refractivity contribution in [2.24, 2.45) is 0 Å². The van der Waals surface area contributed by atoms with Crippen LogP contribution in [-0.2, 0) is 25.5 Å². The first kappa shape index (κ1) is 17.0. The number of amides is 2. The molecule has 1 fully saturated rings. The van der Waals surface area contributed by atoms with Crippen LogP contribution in [0.1, 0.15) is 25.3 Å². The number of unbranched alkanes of at least 4 members (excludes halogenated alkanes) is 1. The van der Waals surface area contributed by atoms with Crippen LogP contribution < -0.4 is 5.32 Å². The summed E-state index contributed by atoms with van der Waals surface area (Å²) in [5.74, 6) is -0.979.